The van der Waals surface area contributed by atoms with Crippen LogP contribution in [0.1, 0.15) is 59.4 Å². The lowest BCUT2D eigenvalue weighted by molar-refractivity contribution is 0.0953. The molecule has 5 heteroatoms. The molecular formula is C31H37N3O2. The number of nitrogens with one attached hydrogen (secondary N) is 1. The summed E-state index contributed by atoms with van der Waals surface area (Å²) in [4.78, 5) is 17.1. The number of carbonyl (C=O) groups excluding carboxylic acids is 1. The molecule has 0 radical (unpaired) electrons. The second-order valence-electron chi connectivity index (χ2n) is 9.40. The van der Waals surface area contributed by atoms with Gasteiger partial charge in [-0.2, -0.15) is 0 Å². The molecular weight excluding hydrogens is 446 g/mol. The van der Waals surface area contributed by atoms with E-state index in [2.05, 4.69) is 66.2 Å². The Hall–Kier alpha value is -3.60. The topological polar surface area (TPSA) is 56.1 Å². The zero-order chi connectivity index (χ0) is 25.2. The normalized spacial score (nSPS) is 11.1. The Morgan fingerprint density at radius 2 is 1.67 bits per heavy atom. The molecule has 3 aromatic carbocycles. The van der Waals surface area contributed by atoms with Crippen LogP contribution in [-0.4, -0.2) is 28.6 Å². The summed E-state index contributed by atoms with van der Waals surface area (Å²) in [6.45, 7) is 6.60. The van der Waals surface area contributed by atoms with Gasteiger partial charge in [-0.25, -0.2) is 4.98 Å². The predicted octanol–water partition coefficient (Wildman–Crippen LogP) is 6.66. The second kappa shape index (κ2) is 12.9. The Morgan fingerprint density at radius 1 is 0.861 bits per heavy atom. The molecule has 0 aliphatic carbocycles. The Bertz CT molecular complexity index is 1260. The number of benzene rings is 3. The van der Waals surface area contributed by atoms with Crippen LogP contribution in [-0.2, 0) is 13.0 Å². The number of para-hydroxylation sites is 2. The van der Waals surface area contributed by atoms with Gasteiger partial charge in [-0.05, 0) is 87.1 Å². The summed E-state index contributed by atoms with van der Waals surface area (Å²) in [6.07, 6.45) is 6.07. The number of aryl methyl sites for hydroxylation is 4. The number of imidazole rings is 1. The number of nitrogens with zero attached hydrogens (tertiary/aromatic N) is 2. The molecule has 0 atom stereocenters. The van der Waals surface area contributed by atoms with Crippen LogP contribution in [0.15, 0.2) is 72.8 Å². The third-order valence-electron chi connectivity index (χ3n) is 6.66. The largest absolute Gasteiger partial charge is 0.494 e. The van der Waals surface area contributed by atoms with Crippen molar-refractivity contribution in [2.24, 2.45) is 0 Å². The Morgan fingerprint density at radius 3 is 2.50 bits per heavy atom. The van der Waals surface area contributed by atoms with E-state index < -0.39 is 0 Å². The highest BCUT2D eigenvalue weighted by Crippen LogP contribution is 2.20. The van der Waals surface area contributed by atoms with Gasteiger partial charge >= 0.3 is 0 Å². The molecule has 0 aliphatic heterocycles. The van der Waals surface area contributed by atoms with E-state index in [0.717, 1.165) is 68.8 Å². The first kappa shape index (κ1) is 25.5. The maximum atomic E-state index is 12.2. The molecule has 5 nitrogen and oxygen atoms in total. The molecule has 4 rings (SSSR count). The van der Waals surface area contributed by atoms with Crippen LogP contribution in [0.3, 0.4) is 0 Å². The van der Waals surface area contributed by atoms with E-state index in [0.29, 0.717) is 12.1 Å². The summed E-state index contributed by atoms with van der Waals surface area (Å²) < 4.78 is 8.35. The lowest BCUT2D eigenvalue weighted by Crippen LogP contribution is -2.24. The zero-order valence-corrected chi connectivity index (χ0v) is 21.5. The summed E-state index contributed by atoms with van der Waals surface area (Å²) in [5, 5.41) is 3.02. The lowest BCUT2D eigenvalue weighted by Gasteiger charge is -2.11. The highest BCUT2D eigenvalue weighted by molar-refractivity contribution is 5.94. The molecule has 0 unspecified atom stereocenters. The number of hydrogen-bond acceptors (Lipinski definition) is 3. The van der Waals surface area contributed by atoms with Gasteiger partial charge in [0.25, 0.3) is 5.91 Å². The molecule has 1 amide bonds. The molecule has 0 saturated heterocycles. The van der Waals surface area contributed by atoms with Crippen LogP contribution in [0.25, 0.3) is 11.0 Å². The lowest BCUT2D eigenvalue weighted by atomic mass is 10.1. The number of aromatic nitrogens is 2. The smallest absolute Gasteiger partial charge is 0.251 e. The van der Waals surface area contributed by atoms with Crippen molar-refractivity contribution in [1.29, 1.82) is 0 Å². The summed E-state index contributed by atoms with van der Waals surface area (Å²) in [7, 11) is 0. The molecule has 4 aromatic rings. The van der Waals surface area contributed by atoms with E-state index in [1.807, 2.05) is 30.3 Å². The standard InChI is InChI=1S/C31H37N3O2/c1-24-18-19-27(23-25(24)2)36-22-12-11-21-34-29-16-9-8-15-28(29)33-30(34)17-7-4-10-20-32-31(35)26-13-5-3-6-14-26/h3,5-6,8-9,13-16,18-19,23H,4,7,10-12,17,20-22H2,1-2H3,(H,32,35). The molecule has 0 aliphatic rings. The SMILES string of the molecule is Cc1ccc(OCCCCn2c(CCCCCNC(=O)c3ccccc3)nc3ccccc32)cc1C. The Labute approximate surface area is 214 Å². The Balaban J connectivity index is 1.22. The predicted molar refractivity (Wildman–Crippen MR) is 147 cm³/mol. The summed E-state index contributed by atoms with van der Waals surface area (Å²) in [5.41, 5.74) is 5.54. The van der Waals surface area contributed by atoms with Gasteiger partial charge in [0.15, 0.2) is 0 Å². The van der Waals surface area contributed by atoms with Crippen molar-refractivity contribution in [2.75, 3.05) is 13.2 Å². The van der Waals surface area contributed by atoms with Crippen molar-refractivity contribution in [2.45, 2.75) is 58.9 Å². The van der Waals surface area contributed by atoms with E-state index in [1.165, 1.54) is 16.6 Å². The van der Waals surface area contributed by atoms with Crippen LogP contribution < -0.4 is 10.1 Å². The first-order valence-electron chi connectivity index (χ1n) is 13.1. The molecule has 0 fully saturated rings. The molecule has 188 valence electrons. The fourth-order valence-electron chi connectivity index (χ4n) is 4.41. The fourth-order valence-corrected chi connectivity index (χ4v) is 4.41. The first-order chi connectivity index (χ1) is 17.6. The molecule has 36 heavy (non-hydrogen) atoms. The zero-order valence-electron chi connectivity index (χ0n) is 21.5. The number of fused-ring (bicyclic) bond motifs is 1. The summed E-state index contributed by atoms with van der Waals surface area (Å²) in [5.74, 6) is 2.10. The van der Waals surface area contributed by atoms with E-state index in [-0.39, 0.29) is 5.91 Å². The van der Waals surface area contributed by atoms with Crippen LogP contribution >= 0.6 is 0 Å². The third-order valence-corrected chi connectivity index (χ3v) is 6.66. The van der Waals surface area contributed by atoms with Crippen LogP contribution in [0.5, 0.6) is 5.75 Å². The molecule has 0 spiro atoms. The van der Waals surface area contributed by atoms with Crippen molar-refractivity contribution < 1.29 is 9.53 Å². The minimum absolute atomic E-state index is 0.00103. The van der Waals surface area contributed by atoms with Crippen LogP contribution in [0.2, 0.25) is 0 Å². The highest BCUT2D eigenvalue weighted by Gasteiger charge is 2.10. The van der Waals surface area contributed by atoms with Crippen LogP contribution in [0, 0.1) is 13.8 Å². The Kier molecular flexibility index (Phi) is 9.15. The van der Waals surface area contributed by atoms with Gasteiger partial charge in [0.05, 0.1) is 17.6 Å². The average Bonchev–Trinajstić information content (AvgIpc) is 3.25. The van der Waals surface area contributed by atoms with Crippen molar-refractivity contribution >= 4 is 16.9 Å². The second-order valence-corrected chi connectivity index (χ2v) is 9.40. The summed E-state index contributed by atoms with van der Waals surface area (Å²) >= 11 is 0. The maximum absolute atomic E-state index is 12.2. The first-order valence-corrected chi connectivity index (χ1v) is 13.1. The van der Waals surface area contributed by atoms with Crippen molar-refractivity contribution in [1.82, 2.24) is 14.9 Å². The van der Waals surface area contributed by atoms with Crippen molar-refractivity contribution in [3.8, 4) is 5.75 Å². The monoisotopic (exact) mass is 483 g/mol. The number of hydrogen-bond donors (Lipinski definition) is 1. The number of rotatable bonds is 13. The molecule has 0 bridgehead atoms. The van der Waals surface area contributed by atoms with E-state index in [4.69, 9.17) is 9.72 Å². The quantitative estimate of drug-likeness (QED) is 0.217. The van der Waals surface area contributed by atoms with E-state index in [9.17, 15) is 4.79 Å². The van der Waals surface area contributed by atoms with Gasteiger partial charge in [-0.15, -0.1) is 0 Å². The minimum Gasteiger partial charge on any atom is -0.494 e. The third kappa shape index (κ3) is 6.97. The average molecular weight is 484 g/mol. The van der Waals surface area contributed by atoms with Gasteiger partial charge in [0, 0.05) is 25.1 Å². The molecule has 1 N–H and O–H groups in total. The van der Waals surface area contributed by atoms with Gasteiger partial charge in [0.1, 0.15) is 11.6 Å². The van der Waals surface area contributed by atoms with Crippen molar-refractivity contribution in [3.05, 3.63) is 95.3 Å². The summed E-state index contributed by atoms with van der Waals surface area (Å²) in [6, 6.07) is 24.1. The van der Waals surface area contributed by atoms with E-state index in [1.54, 1.807) is 0 Å². The van der Waals surface area contributed by atoms with Gasteiger partial charge in [0.2, 0.25) is 0 Å². The van der Waals surface area contributed by atoms with Crippen molar-refractivity contribution in [3.63, 3.8) is 0 Å². The number of amides is 1. The van der Waals surface area contributed by atoms with Gasteiger partial charge < -0.3 is 14.6 Å². The highest BCUT2D eigenvalue weighted by atomic mass is 16.5. The number of carbonyl (C=O) groups is 1. The van der Waals surface area contributed by atoms with Gasteiger partial charge in [-0.1, -0.05) is 42.8 Å². The fraction of sp³-hybridized carbons (Fsp3) is 0.355. The number of unbranched alkanes of at least 4 members (excludes halogenated alkanes) is 3. The van der Waals surface area contributed by atoms with Gasteiger partial charge in [-0.3, -0.25) is 4.79 Å². The number of ether oxygens (including phenoxy) is 1. The minimum atomic E-state index is -0.00103. The van der Waals surface area contributed by atoms with Crippen LogP contribution in [0.4, 0.5) is 0 Å². The molecule has 1 aromatic heterocycles. The molecule has 1 heterocycles. The van der Waals surface area contributed by atoms with E-state index >= 15 is 0 Å². The molecule has 0 saturated carbocycles. The maximum Gasteiger partial charge on any atom is 0.251 e.